The van der Waals surface area contributed by atoms with Crippen LogP contribution in [0.3, 0.4) is 0 Å². The maximum absolute atomic E-state index is 5.22. The number of hydrogen-bond acceptors (Lipinski definition) is 3. The Hall–Kier alpha value is -0.830. The van der Waals surface area contributed by atoms with Crippen molar-refractivity contribution in [1.82, 2.24) is 10.5 Å². The average molecular weight is 224 g/mol. The molecule has 1 N–H and O–H groups in total. The molecule has 16 heavy (non-hydrogen) atoms. The van der Waals surface area contributed by atoms with Crippen LogP contribution < -0.4 is 5.32 Å². The summed E-state index contributed by atoms with van der Waals surface area (Å²) in [5.41, 5.74) is 1.04. The average Bonchev–Trinajstić information content (AvgIpc) is 2.74. The molecule has 1 unspecified atom stereocenters. The number of nitrogens with one attached hydrogen (secondary N) is 1. The summed E-state index contributed by atoms with van der Waals surface area (Å²) in [4.78, 5) is 0. The van der Waals surface area contributed by atoms with E-state index in [0.29, 0.717) is 6.04 Å². The highest BCUT2D eigenvalue weighted by molar-refractivity contribution is 5.04. The first kappa shape index (κ1) is 13.2. The van der Waals surface area contributed by atoms with Gasteiger partial charge in [0, 0.05) is 12.1 Å². The predicted molar refractivity (Wildman–Crippen MR) is 66.3 cm³/mol. The lowest BCUT2D eigenvalue weighted by Crippen LogP contribution is -2.25. The molecule has 0 radical (unpaired) electrons. The fraction of sp³-hybridized carbons (Fsp3) is 0.769. The Morgan fingerprint density at radius 3 is 2.81 bits per heavy atom. The van der Waals surface area contributed by atoms with Gasteiger partial charge in [-0.1, -0.05) is 38.3 Å². The van der Waals surface area contributed by atoms with Crippen molar-refractivity contribution >= 4 is 0 Å². The van der Waals surface area contributed by atoms with Crippen LogP contribution in [0, 0.1) is 0 Å². The smallest absolute Gasteiger partial charge is 0.150 e. The topological polar surface area (TPSA) is 38.1 Å². The zero-order valence-corrected chi connectivity index (χ0v) is 10.8. The third-order valence-electron chi connectivity index (χ3n) is 2.84. The summed E-state index contributed by atoms with van der Waals surface area (Å²) in [5.74, 6) is 0.944. The van der Waals surface area contributed by atoms with Crippen molar-refractivity contribution in [3.8, 4) is 0 Å². The molecule has 1 rings (SSSR count). The first-order valence-electron chi connectivity index (χ1n) is 6.44. The van der Waals surface area contributed by atoms with E-state index in [4.69, 9.17) is 4.52 Å². The fourth-order valence-corrected chi connectivity index (χ4v) is 1.68. The van der Waals surface area contributed by atoms with E-state index in [1.54, 1.807) is 0 Å². The number of unbranched alkanes of at least 4 members (excludes halogenated alkanes) is 2. The monoisotopic (exact) mass is 224 g/mol. The van der Waals surface area contributed by atoms with Gasteiger partial charge in [0.2, 0.25) is 0 Å². The molecule has 1 aromatic heterocycles. The zero-order chi connectivity index (χ0) is 11.8. The van der Waals surface area contributed by atoms with Crippen molar-refractivity contribution in [2.24, 2.45) is 0 Å². The molecule has 1 atom stereocenters. The van der Waals surface area contributed by atoms with Gasteiger partial charge in [0.25, 0.3) is 0 Å². The van der Waals surface area contributed by atoms with E-state index >= 15 is 0 Å². The Morgan fingerprint density at radius 1 is 1.38 bits per heavy atom. The second-order valence-corrected chi connectivity index (χ2v) is 4.42. The molecule has 0 aromatic carbocycles. The molecule has 0 spiro atoms. The number of aromatic nitrogens is 1. The minimum atomic E-state index is 0.557. The molecule has 0 bridgehead atoms. The number of rotatable bonds is 8. The summed E-state index contributed by atoms with van der Waals surface area (Å²) in [6, 6.07) is 2.59. The minimum absolute atomic E-state index is 0.557. The Morgan fingerprint density at radius 2 is 2.19 bits per heavy atom. The van der Waals surface area contributed by atoms with Crippen LogP contribution in [0.15, 0.2) is 10.6 Å². The van der Waals surface area contributed by atoms with Crippen molar-refractivity contribution in [3.63, 3.8) is 0 Å². The summed E-state index contributed by atoms with van der Waals surface area (Å²) in [7, 11) is 0. The lowest BCUT2D eigenvalue weighted by Gasteiger charge is -2.11. The highest BCUT2D eigenvalue weighted by atomic mass is 16.5. The van der Waals surface area contributed by atoms with Crippen LogP contribution in [0.4, 0.5) is 0 Å². The van der Waals surface area contributed by atoms with Crippen LogP contribution in [0.2, 0.25) is 0 Å². The molecule has 1 aromatic rings. The van der Waals surface area contributed by atoms with E-state index in [0.717, 1.165) is 24.4 Å². The van der Waals surface area contributed by atoms with E-state index in [9.17, 15) is 0 Å². The molecule has 0 aliphatic heterocycles. The van der Waals surface area contributed by atoms with Gasteiger partial charge in [-0.05, 0) is 19.8 Å². The van der Waals surface area contributed by atoms with Crippen molar-refractivity contribution < 1.29 is 4.52 Å². The Labute approximate surface area is 98.6 Å². The second-order valence-electron chi connectivity index (χ2n) is 4.42. The van der Waals surface area contributed by atoms with Crippen molar-refractivity contribution in [1.29, 1.82) is 0 Å². The van der Waals surface area contributed by atoms with Gasteiger partial charge in [-0.15, -0.1) is 0 Å². The molecule has 0 saturated carbocycles. The van der Waals surface area contributed by atoms with Crippen LogP contribution in [0.25, 0.3) is 0 Å². The maximum Gasteiger partial charge on any atom is 0.150 e. The van der Waals surface area contributed by atoms with E-state index < -0.39 is 0 Å². The normalized spacial score (nSPS) is 12.9. The predicted octanol–water partition coefficient (Wildman–Crippen LogP) is 3.30. The Balaban J connectivity index is 2.18. The van der Waals surface area contributed by atoms with Gasteiger partial charge in [-0.2, -0.15) is 0 Å². The van der Waals surface area contributed by atoms with Crippen LogP contribution in [-0.2, 0) is 13.0 Å². The third-order valence-corrected chi connectivity index (χ3v) is 2.84. The van der Waals surface area contributed by atoms with E-state index in [1.807, 2.05) is 6.07 Å². The molecule has 0 aliphatic rings. The SMILES string of the molecule is CCCCCC(C)NCc1cc(CC)no1. The van der Waals surface area contributed by atoms with Gasteiger partial charge in [-0.3, -0.25) is 0 Å². The maximum atomic E-state index is 5.22. The van der Waals surface area contributed by atoms with Gasteiger partial charge >= 0.3 is 0 Å². The highest BCUT2D eigenvalue weighted by Gasteiger charge is 2.05. The first-order valence-corrected chi connectivity index (χ1v) is 6.44. The summed E-state index contributed by atoms with van der Waals surface area (Å²) in [6.45, 7) is 7.34. The van der Waals surface area contributed by atoms with Crippen molar-refractivity contribution in [2.45, 2.75) is 65.5 Å². The zero-order valence-electron chi connectivity index (χ0n) is 10.8. The largest absolute Gasteiger partial charge is 0.360 e. The summed E-state index contributed by atoms with van der Waals surface area (Å²) in [6.07, 6.45) is 6.10. The van der Waals surface area contributed by atoms with Crippen molar-refractivity contribution in [2.75, 3.05) is 0 Å². The van der Waals surface area contributed by atoms with Crippen molar-refractivity contribution in [3.05, 3.63) is 17.5 Å². The van der Waals surface area contributed by atoms with Gasteiger partial charge in [0.05, 0.1) is 12.2 Å². The Bertz CT molecular complexity index is 283. The molecule has 0 fully saturated rings. The van der Waals surface area contributed by atoms with E-state index in [1.165, 1.54) is 25.7 Å². The van der Waals surface area contributed by atoms with E-state index in [-0.39, 0.29) is 0 Å². The number of hydrogen-bond donors (Lipinski definition) is 1. The van der Waals surface area contributed by atoms with Gasteiger partial charge in [-0.25, -0.2) is 0 Å². The second kappa shape index (κ2) is 7.44. The van der Waals surface area contributed by atoms with Gasteiger partial charge in [0.15, 0.2) is 5.76 Å². The molecule has 92 valence electrons. The standard InChI is InChI=1S/C13H24N2O/c1-4-6-7-8-11(3)14-10-13-9-12(5-2)15-16-13/h9,11,14H,4-8,10H2,1-3H3. The number of nitrogens with zero attached hydrogens (tertiary/aromatic N) is 1. The quantitative estimate of drug-likeness (QED) is 0.688. The molecule has 0 amide bonds. The van der Waals surface area contributed by atoms with Crippen LogP contribution in [0.1, 0.15) is 57.9 Å². The molecule has 3 nitrogen and oxygen atoms in total. The lowest BCUT2D eigenvalue weighted by molar-refractivity contribution is 0.357. The fourth-order valence-electron chi connectivity index (χ4n) is 1.68. The molecular formula is C13H24N2O. The molecular weight excluding hydrogens is 200 g/mol. The minimum Gasteiger partial charge on any atom is -0.360 e. The van der Waals surface area contributed by atoms with Crippen LogP contribution in [0.5, 0.6) is 0 Å². The van der Waals surface area contributed by atoms with Crippen LogP contribution in [-0.4, -0.2) is 11.2 Å². The summed E-state index contributed by atoms with van der Waals surface area (Å²) < 4.78 is 5.22. The number of aryl methyl sites for hydroxylation is 1. The van der Waals surface area contributed by atoms with E-state index in [2.05, 4.69) is 31.2 Å². The summed E-state index contributed by atoms with van der Waals surface area (Å²) in [5, 5.41) is 7.43. The molecule has 0 aliphatic carbocycles. The lowest BCUT2D eigenvalue weighted by atomic mass is 10.1. The van der Waals surface area contributed by atoms with Gasteiger partial charge < -0.3 is 9.84 Å². The molecule has 3 heteroatoms. The molecule has 1 heterocycles. The third kappa shape index (κ3) is 4.79. The first-order chi connectivity index (χ1) is 7.76. The Kier molecular flexibility index (Phi) is 6.16. The van der Waals surface area contributed by atoms with Crippen LogP contribution >= 0.6 is 0 Å². The highest BCUT2D eigenvalue weighted by Crippen LogP contribution is 2.06. The molecule has 0 saturated heterocycles. The van der Waals surface area contributed by atoms with Gasteiger partial charge in [0.1, 0.15) is 0 Å². The summed E-state index contributed by atoms with van der Waals surface area (Å²) >= 11 is 0.